The fourth-order valence-electron chi connectivity index (χ4n) is 1.57. The van der Waals surface area contributed by atoms with E-state index in [4.69, 9.17) is 12.2 Å². The van der Waals surface area contributed by atoms with Gasteiger partial charge in [-0.15, -0.1) is 11.3 Å². The van der Waals surface area contributed by atoms with E-state index in [1.54, 1.807) is 11.3 Å². The number of aryl methyl sites for hydroxylation is 1. The number of rotatable bonds is 4. The van der Waals surface area contributed by atoms with Crippen LogP contribution in [-0.4, -0.2) is 11.7 Å². The number of anilines is 1. The van der Waals surface area contributed by atoms with Crippen molar-refractivity contribution in [3.63, 3.8) is 0 Å². The van der Waals surface area contributed by atoms with E-state index in [2.05, 4.69) is 47.2 Å². The lowest BCUT2D eigenvalue weighted by atomic mass is 10.2. The normalized spacial score (nSPS) is 10.1. The highest BCUT2D eigenvalue weighted by molar-refractivity contribution is 7.80. The van der Waals surface area contributed by atoms with E-state index in [0.717, 1.165) is 18.7 Å². The first-order chi connectivity index (χ1) is 8.74. The summed E-state index contributed by atoms with van der Waals surface area (Å²) in [4.78, 5) is 1.38. The minimum absolute atomic E-state index is 0.676. The second-order valence-electron chi connectivity index (χ2n) is 4.08. The van der Waals surface area contributed by atoms with Gasteiger partial charge in [0.05, 0.1) is 0 Å². The van der Waals surface area contributed by atoms with Crippen molar-refractivity contribution in [3.8, 4) is 0 Å². The van der Waals surface area contributed by atoms with Crippen molar-refractivity contribution in [2.45, 2.75) is 13.3 Å². The Kier molecular flexibility index (Phi) is 4.73. The molecule has 2 nitrogen and oxygen atoms in total. The standard InChI is InChI=1S/C14H16N2S2/c1-11-4-6-12(7-5-11)16-14(17)15-9-8-13-3-2-10-18-13/h2-7,10H,8-9H2,1H3,(H2,15,16,17). The van der Waals surface area contributed by atoms with Crippen LogP contribution in [0.3, 0.4) is 0 Å². The van der Waals surface area contributed by atoms with Gasteiger partial charge in [-0.25, -0.2) is 0 Å². The molecule has 0 fully saturated rings. The molecule has 2 aromatic rings. The Balaban J connectivity index is 1.73. The Morgan fingerprint density at radius 3 is 2.67 bits per heavy atom. The van der Waals surface area contributed by atoms with E-state index < -0.39 is 0 Å². The maximum atomic E-state index is 5.24. The first-order valence-corrected chi connectivity index (χ1v) is 7.17. The van der Waals surface area contributed by atoms with E-state index >= 15 is 0 Å². The molecule has 0 saturated carbocycles. The SMILES string of the molecule is Cc1ccc(NC(=S)NCCc2cccs2)cc1. The van der Waals surface area contributed by atoms with Crippen LogP contribution in [0.1, 0.15) is 10.4 Å². The number of benzene rings is 1. The lowest BCUT2D eigenvalue weighted by Crippen LogP contribution is -2.30. The Bertz CT molecular complexity index is 489. The summed E-state index contributed by atoms with van der Waals surface area (Å²) in [5, 5.41) is 9.16. The summed E-state index contributed by atoms with van der Waals surface area (Å²) in [5.74, 6) is 0. The minimum atomic E-state index is 0.676. The van der Waals surface area contributed by atoms with Gasteiger partial charge in [0, 0.05) is 17.1 Å². The van der Waals surface area contributed by atoms with Crippen molar-refractivity contribution in [2.75, 3.05) is 11.9 Å². The molecule has 0 aliphatic rings. The number of hydrogen-bond donors (Lipinski definition) is 2. The Morgan fingerprint density at radius 1 is 1.22 bits per heavy atom. The first-order valence-electron chi connectivity index (χ1n) is 5.88. The number of nitrogens with one attached hydrogen (secondary N) is 2. The number of hydrogen-bond acceptors (Lipinski definition) is 2. The molecule has 0 spiro atoms. The van der Waals surface area contributed by atoms with Gasteiger partial charge in [0.1, 0.15) is 0 Å². The maximum absolute atomic E-state index is 5.24. The van der Waals surface area contributed by atoms with Crippen molar-refractivity contribution in [2.24, 2.45) is 0 Å². The lowest BCUT2D eigenvalue weighted by Gasteiger charge is -2.10. The van der Waals surface area contributed by atoms with E-state index in [-0.39, 0.29) is 0 Å². The van der Waals surface area contributed by atoms with Crippen LogP contribution >= 0.6 is 23.6 Å². The molecule has 0 bridgehead atoms. The Morgan fingerprint density at radius 2 is 2.00 bits per heavy atom. The molecule has 0 radical (unpaired) electrons. The molecule has 0 unspecified atom stereocenters. The van der Waals surface area contributed by atoms with Gasteiger partial charge in [-0.1, -0.05) is 23.8 Å². The molecule has 1 aromatic carbocycles. The lowest BCUT2D eigenvalue weighted by molar-refractivity contribution is 0.885. The minimum Gasteiger partial charge on any atom is -0.362 e. The first kappa shape index (κ1) is 13.1. The summed E-state index contributed by atoms with van der Waals surface area (Å²) >= 11 is 7.02. The zero-order valence-corrected chi connectivity index (χ0v) is 11.9. The molecule has 1 aromatic heterocycles. The molecule has 0 atom stereocenters. The molecular weight excluding hydrogens is 260 g/mol. The average Bonchev–Trinajstić information content (AvgIpc) is 2.85. The fraction of sp³-hybridized carbons (Fsp3) is 0.214. The predicted octanol–water partition coefficient (Wildman–Crippen LogP) is 3.59. The van der Waals surface area contributed by atoms with E-state index in [0.29, 0.717) is 5.11 Å². The van der Waals surface area contributed by atoms with Crippen LogP contribution in [0, 0.1) is 6.92 Å². The highest BCUT2D eigenvalue weighted by Gasteiger charge is 1.98. The predicted molar refractivity (Wildman–Crippen MR) is 83.4 cm³/mol. The highest BCUT2D eigenvalue weighted by Crippen LogP contribution is 2.09. The molecular formula is C14H16N2S2. The summed E-state index contributed by atoms with van der Waals surface area (Å²) in [6.07, 6.45) is 1.01. The van der Waals surface area contributed by atoms with Gasteiger partial charge in [-0.2, -0.15) is 0 Å². The van der Waals surface area contributed by atoms with Crippen LogP contribution in [0.4, 0.5) is 5.69 Å². The van der Waals surface area contributed by atoms with E-state index in [1.807, 2.05) is 12.1 Å². The molecule has 94 valence electrons. The monoisotopic (exact) mass is 276 g/mol. The van der Waals surface area contributed by atoms with Crippen molar-refractivity contribution in [1.82, 2.24) is 5.32 Å². The van der Waals surface area contributed by atoms with Gasteiger partial charge in [0.15, 0.2) is 5.11 Å². The molecule has 2 rings (SSSR count). The van der Waals surface area contributed by atoms with Crippen LogP contribution in [0.25, 0.3) is 0 Å². The summed E-state index contributed by atoms with van der Waals surface area (Å²) < 4.78 is 0. The van der Waals surface area contributed by atoms with Crippen LogP contribution in [0.15, 0.2) is 41.8 Å². The third kappa shape index (κ3) is 4.13. The number of thiocarbonyl (C=S) groups is 1. The largest absolute Gasteiger partial charge is 0.362 e. The molecule has 0 aliphatic carbocycles. The van der Waals surface area contributed by atoms with Crippen LogP contribution in [0.2, 0.25) is 0 Å². The molecule has 2 N–H and O–H groups in total. The zero-order valence-electron chi connectivity index (χ0n) is 10.3. The molecule has 0 saturated heterocycles. The third-order valence-corrected chi connectivity index (χ3v) is 3.73. The van der Waals surface area contributed by atoms with Gasteiger partial charge < -0.3 is 10.6 Å². The van der Waals surface area contributed by atoms with Gasteiger partial charge >= 0.3 is 0 Å². The Labute approximate surface area is 117 Å². The molecule has 0 aliphatic heterocycles. The van der Waals surface area contributed by atoms with Crippen molar-refractivity contribution >= 4 is 34.4 Å². The zero-order chi connectivity index (χ0) is 12.8. The maximum Gasteiger partial charge on any atom is 0.170 e. The van der Waals surface area contributed by atoms with E-state index in [1.165, 1.54) is 10.4 Å². The van der Waals surface area contributed by atoms with Gasteiger partial charge in [0.2, 0.25) is 0 Å². The van der Waals surface area contributed by atoms with Crippen molar-refractivity contribution in [3.05, 3.63) is 52.2 Å². The average molecular weight is 276 g/mol. The molecule has 0 amide bonds. The number of thiophene rings is 1. The smallest absolute Gasteiger partial charge is 0.170 e. The van der Waals surface area contributed by atoms with Crippen molar-refractivity contribution in [1.29, 1.82) is 0 Å². The molecule has 18 heavy (non-hydrogen) atoms. The summed E-state index contributed by atoms with van der Waals surface area (Å²) in [5.41, 5.74) is 2.27. The van der Waals surface area contributed by atoms with Crippen LogP contribution < -0.4 is 10.6 Å². The summed E-state index contributed by atoms with van der Waals surface area (Å²) in [6, 6.07) is 12.4. The fourth-order valence-corrected chi connectivity index (χ4v) is 2.50. The summed E-state index contributed by atoms with van der Waals surface area (Å²) in [7, 11) is 0. The van der Waals surface area contributed by atoms with Gasteiger partial charge in [-0.3, -0.25) is 0 Å². The van der Waals surface area contributed by atoms with Gasteiger partial charge in [0.25, 0.3) is 0 Å². The summed E-state index contributed by atoms with van der Waals surface area (Å²) in [6.45, 7) is 2.93. The quantitative estimate of drug-likeness (QED) is 0.835. The Hall–Kier alpha value is -1.39. The van der Waals surface area contributed by atoms with Crippen molar-refractivity contribution < 1.29 is 0 Å². The molecule has 1 heterocycles. The second-order valence-corrected chi connectivity index (χ2v) is 5.52. The van der Waals surface area contributed by atoms with Gasteiger partial charge in [-0.05, 0) is 49.1 Å². The van der Waals surface area contributed by atoms with Crippen LogP contribution in [0.5, 0.6) is 0 Å². The topological polar surface area (TPSA) is 24.1 Å². The molecule has 4 heteroatoms. The second kappa shape index (κ2) is 6.52. The third-order valence-electron chi connectivity index (χ3n) is 2.55. The highest BCUT2D eigenvalue weighted by atomic mass is 32.1. The van der Waals surface area contributed by atoms with E-state index in [9.17, 15) is 0 Å². The van der Waals surface area contributed by atoms with Crippen LogP contribution in [-0.2, 0) is 6.42 Å².